The first-order chi connectivity index (χ1) is 12.1. The van der Waals surface area contributed by atoms with Crippen molar-refractivity contribution in [1.82, 2.24) is 15.1 Å². The summed E-state index contributed by atoms with van der Waals surface area (Å²) in [6, 6.07) is -1.82. The van der Waals surface area contributed by atoms with Crippen LogP contribution in [0.5, 0.6) is 0 Å². The molecule has 0 aromatic carbocycles. The molecule has 9 nitrogen and oxygen atoms in total. The highest BCUT2D eigenvalue weighted by Crippen LogP contribution is 2.41. The summed E-state index contributed by atoms with van der Waals surface area (Å²) in [6.45, 7) is 4.45. The van der Waals surface area contributed by atoms with E-state index >= 15 is 0 Å². The molecule has 4 N–H and O–H groups in total. The molecule has 0 aliphatic carbocycles. The van der Waals surface area contributed by atoms with Gasteiger partial charge in [-0.3, -0.25) is 19.3 Å². The number of nitrogens with zero attached hydrogens (tertiary/aromatic N) is 2. The number of carbonyl (C=O) groups excluding carboxylic acids is 3. The molecule has 0 radical (unpaired) electrons. The van der Waals surface area contributed by atoms with E-state index in [9.17, 15) is 24.3 Å². The van der Waals surface area contributed by atoms with E-state index in [-0.39, 0.29) is 24.8 Å². The summed E-state index contributed by atoms with van der Waals surface area (Å²) >= 11 is 0. The number of likely N-dealkylation sites (tertiary alicyclic amines) is 1. The molecule has 9 heteroatoms. The minimum atomic E-state index is -1.22. The molecule has 3 atom stereocenters. The molecule has 1 unspecified atom stereocenters. The zero-order valence-electron chi connectivity index (χ0n) is 15.5. The van der Waals surface area contributed by atoms with Gasteiger partial charge in [-0.2, -0.15) is 0 Å². The van der Waals surface area contributed by atoms with Gasteiger partial charge in [-0.15, -0.1) is 0 Å². The van der Waals surface area contributed by atoms with Gasteiger partial charge in [0.1, 0.15) is 12.1 Å². The van der Waals surface area contributed by atoms with Gasteiger partial charge in [0.15, 0.2) is 0 Å². The van der Waals surface area contributed by atoms with Crippen LogP contribution < -0.4 is 11.1 Å². The molecule has 146 valence electrons. The average molecular weight is 368 g/mol. The van der Waals surface area contributed by atoms with Crippen molar-refractivity contribution in [3.05, 3.63) is 0 Å². The van der Waals surface area contributed by atoms with Crippen LogP contribution in [0.2, 0.25) is 0 Å². The lowest BCUT2D eigenvalue weighted by Gasteiger charge is -2.34. The van der Waals surface area contributed by atoms with Crippen molar-refractivity contribution in [3.8, 4) is 0 Å². The van der Waals surface area contributed by atoms with Crippen molar-refractivity contribution < 1.29 is 24.3 Å². The van der Waals surface area contributed by atoms with Crippen LogP contribution in [0.4, 0.5) is 4.79 Å². The van der Waals surface area contributed by atoms with Gasteiger partial charge in [0, 0.05) is 20.1 Å². The zero-order valence-corrected chi connectivity index (χ0v) is 15.5. The smallest absolute Gasteiger partial charge is 0.407 e. The molecule has 0 aromatic rings. The van der Waals surface area contributed by atoms with Gasteiger partial charge < -0.3 is 21.1 Å². The molecule has 2 rings (SSSR count). The summed E-state index contributed by atoms with van der Waals surface area (Å²) in [5.74, 6) is -1.23. The average Bonchev–Trinajstić information content (AvgIpc) is 2.95. The lowest BCUT2D eigenvalue weighted by atomic mass is 9.78. The van der Waals surface area contributed by atoms with Gasteiger partial charge in [-0.25, -0.2) is 4.79 Å². The predicted octanol–water partition coefficient (Wildman–Crippen LogP) is -0.00650. The number of carbonyl (C=O) groups is 4. The highest BCUT2D eigenvalue weighted by Gasteiger charge is 2.54. The SMILES string of the molecule is CC(C)CC(C(=O)N1C[C@]2(CCCNC2=O)C[C@H]1C(N)=O)N(C)C(=O)O. The van der Waals surface area contributed by atoms with Gasteiger partial charge in [0.05, 0.1) is 5.41 Å². The fourth-order valence-corrected chi connectivity index (χ4v) is 3.94. The van der Waals surface area contributed by atoms with Crippen LogP contribution in [0, 0.1) is 11.3 Å². The highest BCUT2D eigenvalue weighted by molar-refractivity contribution is 5.94. The fourth-order valence-electron chi connectivity index (χ4n) is 3.94. The minimum absolute atomic E-state index is 0.0762. The molecule has 26 heavy (non-hydrogen) atoms. The lowest BCUT2D eigenvalue weighted by Crippen LogP contribution is -2.54. The van der Waals surface area contributed by atoms with Crippen LogP contribution in [-0.2, 0) is 14.4 Å². The number of primary amides is 1. The fraction of sp³-hybridized carbons (Fsp3) is 0.765. The van der Waals surface area contributed by atoms with Gasteiger partial charge in [0.25, 0.3) is 0 Å². The number of amides is 4. The third-order valence-corrected chi connectivity index (χ3v) is 5.39. The molecule has 0 bridgehead atoms. The topological polar surface area (TPSA) is 133 Å². The van der Waals surface area contributed by atoms with Gasteiger partial charge >= 0.3 is 6.09 Å². The number of nitrogens with one attached hydrogen (secondary N) is 1. The van der Waals surface area contributed by atoms with E-state index in [1.165, 1.54) is 11.9 Å². The van der Waals surface area contributed by atoms with Crippen LogP contribution in [0.1, 0.15) is 39.5 Å². The van der Waals surface area contributed by atoms with Gasteiger partial charge in [0.2, 0.25) is 17.7 Å². The summed E-state index contributed by atoms with van der Waals surface area (Å²) in [5.41, 5.74) is 4.68. The number of piperidine rings is 1. The van der Waals surface area contributed by atoms with E-state index in [0.29, 0.717) is 19.4 Å². The standard InChI is InChI=1S/C17H28N4O5/c1-10(2)7-11(20(3)16(25)26)14(23)21-9-17(8-12(21)13(18)22)5-4-6-19-15(17)24/h10-12H,4-9H2,1-3H3,(H2,18,22)(H,19,24)(H,25,26)/t11?,12-,17-/m0/s1. The number of rotatable bonds is 5. The monoisotopic (exact) mass is 368 g/mol. The second-order valence-electron chi connectivity index (χ2n) is 7.77. The van der Waals surface area contributed by atoms with Crippen molar-refractivity contribution in [2.24, 2.45) is 17.1 Å². The third-order valence-electron chi connectivity index (χ3n) is 5.39. The Kier molecular flexibility index (Phi) is 5.77. The third kappa shape index (κ3) is 3.76. The van der Waals surface area contributed by atoms with Crippen LogP contribution in [-0.4, -0.2) is 70.9 Å². The Labute approximate surface area is 152 Å². The number of carboxylic acid groups (broad SMARTS) is 1. The molecule has 2 saturated heterocycles. The molecule has 0 aromatic heterocycles. The summed E-state index contributed by atoms with van der Waals surface area (Å²) in [4.78, 5) is 51.2. The minimum Gasteiger partial charge on any atom is -0.465 e. The molecule has 2 heterocycles. The van der Waals surface area contributed by atoms with Crippen molar-refractivity contribution in [1.29, 1.82) is 0 Å². The Morgan fingerprint density at radius 3 is 2.58 bits per heavy atom. The van der Waals surface area contributed by atoms with E-state index in [0.717, 1.165) is 11.3 Å². The second kappa shape index (κ2) is 7.51. The van der Waals surface area contributed by atoms with Crippen LogP contribution >= 0.6 is 0 Å². The molecule has 0 saturated carbocycles. The second-order valence-corrected chi connectivity index (χ2v) is 7.77. The van der Waals surface area contributed by atoms with Crippen molar-refractivity contribution in [2.45, 2.75) is 51.6 Å². The Bertz CT molecular complexity index is 608. The first kappa shape index (κ1) is 20.0. The van der Waals surface area contributed by atoms with E-state index in [1.807, 2.05) is 13.8 Å². The number of likely N-dealkylation sites (N-methyl/N-ethyl adjacent to an activating group) is 1. The van der Waals surface area contributed by atoms with Crippen molar-refractivity contribution in [3.63, 3.8) is 0 Å². The summed E-state index contributed by atoms with van der Waals surface area (Å²) in [6.07, 6.45) is 0.636. The molecule has 2 aliphatic heterocycles. The van der Waals surface area contributed by atoms with E-state index < -0.39 is 35.4 Å². The molecule has 2 fully saturated rings. The Morgan fingerprint density at radius 1 is 1.42 bits per heavy atom. The van der Waals surface area contributed by atoms with Crippen molar-refractivity contribution in [2.75, 3.05) is 20.1 Å². The Morgan fingerprint density at radius 2 is 2.08 bits per heavy atom. The Hall–Kier alpha value is -2.32. The summed E-state index contributed by atoms with van der Waals surface area (Å²) in [5, 5.41) is 12.1. The summed E-state index contributed by atoms with van der Waals surface area (Å²) < 4.78 is 0. The van der Waals surface area contributed by atoms with E-state index in [2.05, 4.69) is 5.32 Å². The highest BCUT2D eigenvalue weighted by atomic mass is 16.4. The predicted molar refractivity (Wildman–Crippen MR) is 93.0 cm³/mol. The van der Waals surface area contributed by atoms with E-state index in [4.69, 9.17) is 5.73 Å². The molecular formula is C17H28N4O5. The van der Waals surface area contributed by atoms with Crippen LogP contribution in [0.25, 0.3) is 0 Å². The first-order valence-electron chi connectivity index (χ1n) is 8.93. The lowest BCUT2D eigenvalue weighted by molar-refractivity contribution is -0.142. The number of hydrogen-bond acceptors (Lipinski definition) is 4. The zero-order chi connectivity index (χ0) is 19.6. The first-order valence-corrected chi connectivity index (χ1v) is 8.93. The molecule has 4 amide bonds. The van der Waals surface area contributed by atoms with Gasteiger partial charge in [-0.05, 0) is 31.6 Å². The van der Waals surface area contributed by atoms with Crippen LogP contribution in [0.3, 0.4) is 0 Å². The quantitative estimate of drug-likeness (QED) is 0.628. The molecular weight excluding hydrogens is 340 g/mol. The van der Waals surface area contributed by atoms with Crippen molar-refractivity contribution >= 4 is 23.8 Å². The largest absolute Gasteiger partial charge is 0.465 e. The number of hydrogen-bond donors (Lipinski definition) is 3. The normalized spacial score (nSPS) is 26.7. The Balaban J connectivity index is 2.32. The maximum Gasteiger partial charge on any atom is 0.407 e. The summed E-state index contributed by atoms with van der Waals surface area (Å²) in [7, 11) is 1.34. The van der Waals surface area contributed by atoms with Crippen LogP contribution in [0.15, 0.2) is 0 Å². The maximum atomic E-state index is 13.2. The van der Waals surface area contributed by atoms with Gasteiger partial charge in [-0.1, -0.05) is 13.8 Å². The maximum absolute atomic E-state index is 13.2. The van der Waals surface area contributed by atoms with E-state index in [1.54, 1.807) is 0 Å². The molecule has 2 aliphatic rings. The number of nitrogens with two attached hydrogens (primary N) is 1. The molecule has 1 spiro atoms.